The number of thiazole rings is 1. The van der Waals surface area contributed by atoms with Crippen LogP contribution in [0.15, 0.2) is 10.9 Å². The number of carbonyl (C=O) groups is 2. The van der Waals surface area contributed by atoms with E-state index in [1.165, 1.54) is 16.2 Å². The van der Waals surface area contributed by atoms with Crippen LogP contribution in [0.2, 0.25) is 0 Å². The van der Waals surface area contributed by atoms with Crippen LogP contribution in [0.25, 0.3) is 0 Å². The number of hydrogen-bond acceptors (Lipinski definition) is 4. The van der Waals surface area contributed by atoms with Gasteiger partial charge in [0.15, 0.2) is 0 Å². The minimum Gasteiger partial charge on any atom is -0.309 e. The van der Waals surface area contributed by atoms with Crippen molar-refractivity contribution in [2.75, 3.05) is 6.54 Å². The van der Waals surface area contributed by atoms with Gasteiger partial charge in [0.2, 0.25) is 5.91 Å². The lowest BCUT2D eigenvalue weighted by molar-refractivity contribution is -0.118. The van der Waals surface area contributed by atoms with Crippen LogP contribution in [0, 0.1) is 0 Å². The Labute approximate surface area is 78.4 Å². The predicted octanol–water partition coefficient (Wildman–Crippen LogP) is 0.195. The fraction of sp³-hybridized carbons (Fsp3) is 0.286. The standard InChI is InChI=1S/C7H7N3O2S/c11-6-2-10(7(12)9-6)1-5-3-13-4-8-5/h3-4H,1-2H2,(H,9,11,12). The highest BCUT2D eigenvalue weighted by Crippen LogP contribution is 2.07. The van der Waals surface area contributed by atoms with E-state index in [4.69, 9.17) is 0 Å². The molecule has 5 nitrogen and oxygen atoms in total. The molecule has 1 aliphatic rings. The summed E-state index contributed by atoms with van der Waals surface area (Å²) < 4.78 is 0. The van der Waals surface area contributed by atoms with E-state index in [0.717, 1.165) is 5.69 Å². The molecule has 0 unspecified atom stereocenters. The molecule has 13 heavy (non-hydrogen) atoms. The van der Waals surface area contributed by atoms with Gasteiger partial charge >= 0.3 is 6.03 Å². The lowest BCUT2D eigenvalue weighted by atomic mass is 10.4. The maximum absolute atomic E-state index is 11.1. The Bertz CT molecular complexity index is 336. The molecule has 2 rings (SSSR count). The highest BCUT2D eigenvalue weighted by atomic mass is 32.1. The molecule has 1 aliphatic heterocycles. The Hall–Kier alpha value is -1.43. The molecule has 1 aromatic heterocycles. The number of urea groups is 1. The third-order valence-electron chi connectivity index (χ3n) is 1.70. The maximum atomic E-state index is 11.1. The predicted molar refractivity (Wildman–Crippen MR) is 46.1 cm³/mol. The molecule has 3 amide bonds. The van der Waals surface area contributed by atoms with Crippen LogP contribution in [-0.4, -0.2) is 28.4 Å². The molecule has 6 heteroatoms. The number of amides is 3. The molecular formula is C7H7N3O2S. The molecule has 68 valence electrons. The van der Waals surface area contributed by atoms with E-state index >= 15 is 0 Å². The van der Waals surface area contributed by atoms with Gasteiger partial charge in [0.1, 0.15) is 6.54 Å². The molecule has 0 aromatic carbocycles. The highest BCUT2D eigenvalue weighted by Gasteiger charge is 2.26. The monoisotopic (exact) mass is 197 g/mol. The second-order valence-corrected chi connectivity index (χ2v) is 3.41. The molecule has 1 N–H and O–H groups in total. The lowest BCUT2D eigenvalue weighted by Gasteiger charge is -2.09. The van der Waals surface area contributed by atoms with E-state index in [0.29, 0.717) is 6.54 Å². The molecular weight excluding hydrogens is 190 g/mol. The van der Waals surface area contributed by atoms with Crippen LogP contribution in [0.4, 0.5) is 4.79 Å². The molecule has 1 saturated heterocycles. The van der Waals surface area contributed by atoms with Gasteiger partial charge in [-0.05, 0) is 0 Å². The highest BCUT2D eigenvalue weighted by molar-refractivity contribution is 7.07. The molecule has 2 heterocycles. The summed E-state index contributed by atoms with van der Waals surface area (Å²) in [5.41, 5.74) is 2.51. The van der Waals surface area contributed by atoms with Crippen molar-refractivity contribution in [2.24, 2.45) is 0 Å². The molecule has 1 fully saturated rings. The van der Waals surface area contributed by atoms with Gasteiger partial charge in [-0.2, -0.15) is 0 Å². The van der Waals surface area contributed by atoms with Crippen LogP contribution in [0.3, 0.4) is 0 Å². The summed E-state index contributed by atoms with van der Waals surface area (Å²) in [6.45, 7) is 0.539. The second-order valence-electron chi connectivity index (χ2n) is 2.69. The van der Waals surface area contributed by atoms with Crippen molar-refractivity contribution in [2.45, 2.75) is 6.54 Å². The van der Waals surface area contributed by atoms with E-state index in [-0.39, 0.29) is 18.5 Å². The van der Waals surface area contributed by atoms with Crippen LogP contribution in [-0.2, 0) is 11.3 Å². The fourth-order valence-electron chi connectivity index (χ4n) is 1.12. The zero-order valence-electron chi connectivity index (χ0n) is 6.69. The average Bonchev–Trinajstić information content (AvgIpc) is 2.63. The number of imide groups is 1. The SMILES string of the molecule is O=C1CN(Cc2cscn2)C(=O)N1. The number of aromatic nitrogens is 1. The maximum Gasteiger partial charge on any atom is 0.324 e. The third-order valence-corrected chi connectivity index (χ3v) is 2.34. The second kappa shape index (κ2) is 3.14. The number of rotatable bonds is 2. The number of nitrogens with one attached hydrogen (secondary N) is 1. The first-order valence-corrected chi connectivity index (χ1v) is 4.66. The zero-order valence-corrected chi connectivity index (χ0v) is 7.50. The fourth-order valence-corrected chi connectivity index (χ4v) is 1.67. The van der Waals surface area contributed by atoms with Crippen molar-refractivity contribution in [1.29, 1.82) is 0 Å². The molecule has 0 spiro atoms. The van der Waals surface area contributed by atoms with Gasteiger partial charge in [0.25, 0.3) is 0 Å². The van der Waals surface area contributed by atoms with Crippen LogP contribution < -0.4 is 5.32 Å². The van der Waals surface area contributed by atoms with Gasteiger partial charge < -0.3 is 4.90 Å². The summed E-state index contributed by atoms with van der Waals surface area (Å²) in [6, 6.07) is -0.335. The topological polar surface area (TPSA) is 62.3 Å². The molecule has 0 radical (unpaired) electrons. The van der Waals surface area contributed by atoms with Crippen molar-refractivity contribution < 1.29 is 9.59 Å². The normalized spacial score (nSPS) is 16.5. The summed E-state index contributed by atoms with van der Waals surface area (Å²) in [6.07, 6.45) is 0. The van der Waals surface area contributed by atoms with Gasteiger partial charge in [-0.1, -0.05) is 0 Å². The van der Waals surface area contributed by atoms with E-state index in [1.807, 2.05) is 5.38 Å². The Morgan fingerprint density at radius 1 is 1.62 bits per heavy atom. The first-order valence-electron chi connectivity index (χ1n) is 3.71. The van der Waals surface area contributed by atoms with Crippen molar-refractivity contribution in [3.8, 4) is 0 Å². The first kappa shape index (κ1) is 8.18. The summed E-state index contributed by atoms with van der Waals surface area (Å²) in [4.78, 5) is 27.3. The number of hydrogen-bond donors (Lipinski definition) is 1. The zero-order chi connectivity index (χ0) is 9.26. The van der Waals surface area contributed by atoms with Gasteiger partial charge in [-0.3, -0.25) is 10.1 Å². The summed E-state index contributed by atoms with van der Waals surface area (Å²) in [7, 11) is 0. The molecule has 0 saturated carbocycles. The van der Waals surface area contributed by atoms with Crippen LogP contribution in [0.1, 0.15) is 5.69 Å². The van der Waals surface area contributed by atoms with Gasteiger partial charge in [-0.15, -0.1) is 11.3 Å². The first-order chi connectivity index (χ1) is 6.25. The van der Waals surface area contributed by atoms with E-state index in [2.05, 4.69) is 10.3 Å². The Kier molecular flexibility index (Phi) is 1.97. The number of nitrogens with zero attached hydrogens (tertiary/aromatic N) is 2. The van der Waals surface area contributed by atoms with Gasteiger partial charge in [0.05, 0.1) is 17.7 Å². The molecule has 0 atom stereocenters. The Morgan fingerprint density at radius 2 is 2.46 bits per heavy atom. The van der Waals surface area contributed by atoms with Crippen molar-refractivity contribution in [3.63, 3.8) is 0 Å². The molecule has 1 aromatic rings. The van der Waals surface area contributed by atoms with Crippen molar-refractivity contribution in [3.05, 3.63) is 16.6 Å². The minimum atomic E-state index is -0.335. The van der Waals surface area contributed by atoms with Gasteiger partial charge in [0, 0.05) is 5.38 Å². The molecule has 0 bridgehead atoms. The van der Waals surface area contributed by atoms with Crippen LogP contribution >= 0.6 is 11.3 Å². The largest absolute Gasteiger partial charge is 0.324 e. The summed E-state index contributed by atoms with van der Waals surface area (Å²) >= 11 is 1.47. The molecule has 0 aliphatic carbocycles. The summed E-state index contributed by atoms with van der Waals surface area (Å²) in [5.74, 6) is -0.250. The Morgan fingerprint density at radius 3 is 3.00 bits per heavy atom. The van der Waals surface area contributed by atoms with Gasteiger partial charge in [-0.25, -0.2) is 9.78 Å². The third kappa shape index (κ3) is 1.67. The quantitative estimate of drug-likeness (QED) is 0.689. The lowest BCUT2D eigenvalue weighted by Crippen LogP contribution is -2.27. The van der Waals surface area contributed by atoms with Crippen molar-refractivity contribution >= 4 is 23.3 Å². The van der Waals surface area contributed by atoms with E-state index < -0.39 is 0 Å². The Balaban J connectivity index is 2.03. The van der Waals surface area contributed by atoms with E-state index in [9.17, 15) is 9.59 Å². The van der Waals surface area contributed by atoms with Crippen molar-refractivity contribution in [1.82, 2.24) is 15.2 Å². The average molecular weight is 197 g/mol. The summed E-state index contributed by atoms with van der Waals surface area (Å²) in [5, 5.41) is 4.06. The number of carbonyl (C=O) groups excluding carboxylic acids is 2. The minimum absolute atomic E-state index is 0.135. The van der Waals surface area contributed by atoms with E-state index in [1.54, 1.807) is 5.51 Å². The smallest absolute Gasteiger partial charge is 0.309 e. The van der Waals surface area contributed by atoms with Crippen LogP contribution in [0.5, 0.6) is 0 Å².